The van der Waals surface area contributed by atoms with Crippen LogP contribution in [0.5, 0.6) is 0 Å². The molecule has 1 heterocycles. The van der Waals surface area contributed by atoms with Crippen LogP contribution in [-0.2, 0) is 23.2 Å². The number of hydrogen-bond donors (Lipinski definition) is 1. The Labute approximate surface area is 102 Å². The number of rotatable bonds is 3. The predicted octanol–water partition coefficient (Wildman–Crippen LogP) is 1.04. The molecule has 4 nitrogen and oxygen atoms in total. The molecule has 0 aromatic heterocycles. The van der Waals surface area contributed by atoms with Crippen molar-refractivity contribution in [3.63, 3.8) is 0 Å². The molecule has 3 rings (SSSR count). The highest BCUT2D eigenvalue weighted by atomic mass is 32.2. The fraction of sp³-hybridized carbons (Fsp3) is 0.500. The summed E-state index contributed by atoms with van der Waals surface area (Å²) >= 11 is 0. The maximum Gasteiger partial charge on any atom is 0.280 e. The molecule has 0 atom stereocenters. The third kappa shape index (κ3) is 2.36. The van der Waals surface area contributed by atoms with Crippen molar-refractivity contribution in [2.45, 2.75) is 31.8 Å². The average molecular weight is 252 g/mol. The van der Waals surface area contributed by atoms with Crippen LogP contribution in [0.1, 0.15) is 24.0 Å². The standard InChI is InChI=1S/C12H16N2O2S/c15-17(16,13-12-5-6-12)14-8-7-10-3-1-2-4-11(10)9-14/h1-4,12-13H,5-9H2. The van der Waals surface area contributed by atoms with Crippen LogP contribution in [0.2, 0.25) is 0 Å². The molecule has 0 amide bonds. The Hall–Kier alpha value is -0.910. The Bertz CT molecular complexity index is 523. The predicted molar refractivity (Wildman–Crippen MR) is 65.6 cm³/mol. The minimum atomic E-state index is -3.28. The van der Waals surface area contributed by atoms with E-state index in [0.717, 1.165) is 24.8 Å². The maximum atomic E-state index is 12.1. The molecule has 1 aliphatic heterocycles. The summed E-state index contributed by atoms with van der Waals surface area (Å²) < 4.78 is 28.4. The van der Waals surface area contributed by atoms with Gasteiger partial charge >= 0.3 is 0 Å². The number of nitrogens with zero attached hydrogens (tertiary/aromatic N) is 1. The number of benzene rings is 1. The molecular weight excluding hydrogens is 236 g/mol. The first kappa shape index (κ1) is 11.2. The third-order valence-electron chi connectivity index (χ3n) is 3.33. The van der Waals surface area contributed by atoms with Crippen LogP contribution in [-0.4, -0.2) is 25.3 Å². The van der Waals surface area contributed by atoms with Crippen LogP contribution in [0.15, 0.2) is 24.3 Å². The van der Waals surface area contributed by atoms with Crippen molar-refractivity contribution in [3.05, 3.63) is 35.4 Å². The zero-order valence-electron chi connectivity index (χ0n) is 9.59. The molecule has 2 aliphatic rings. The van der Waals surface area contributed by atoms with Gasteiger partial charge in [0, 0.05) is 19.1 Å². The summed E-state index contributed by atoms with van der Waals surface area (Å²) in [5.74, 6) is 0. The van der Waals surface area contributed by atoms with Gasteiger partial charge in [-0.25, -0.2) is 0 Å². The molecule has 1 fully saturated rings. The van der Waals surface area contributed by atoms with Gasteiger partial charge in [-0.05, 0) is 30.4 Å². The van der Waals surface area contributed by atoms with E-state index in [1.54, 1.807) is 4.31 Å². The lowest BCUT2D eigenvalue weighted by atomic mass is 10.0. The molecular formula is C12H16N2O2S. The van der Waals surface area contributed by atoms with E-state index in [9.17, 15) is 8.42 Å². The SMILES string of the molecule is O=S(=O)(NC1CC1)N1CCc2ccccc2C1. The van der Waals surface area contributed by atoms with Gasteiger partial charge in [-0.3, -0.25) is 0 Å². The van der Waals surface area contributed by atoms with E-state index in [-0.39, 0.29) is 6.04 Å². The van der Waals surface area contributed by atoms with E-state index < -0.39 is 10.2 Å². The number of hydrogen-bond acceptors (Lipinski definition) is 2. The molecule has 0 saturated heterocycles. The summed E-state index contributed by atoms with van der Waals surface area (Å²) in [4.78, 5) is 0. The molecule has 1 aliphatic carbocycles. The smallest absolute Gasteiger partial charge is 0.199 e. The van der Waals surface area contributed by atoms with E-state index in [1.165, 1.54) is 5.56 Å². The Kier molecular flexibility index (Phi) is 2.69. The summed E-state index contributed by atoms with van der Waals surface area (Å²) in [5.41, 5.74) is 2.39. The van der Waals surface area contributed by atoms with Crippen LogP contribution in [0.25, 0.3) is 0 Å². The minimum absolute atomic E-state index is 0.178. The highest BCUT2D eigenvalue weighted by Gasteiger charge is 2.32. The first-order valence-electron chi connectivity index (χ1n) is 5.99. The summed E-state index contributed by atoms with van der Waals surface area (Å²) in [5, 5.41) is 0. The van der Waals surface area contributed by atoms with Gasteiger partial charge in [0.05, 0.1) is 0 Å². The normalized spacial score (nSPS) is 21.2. The number of fused-ring (bicyclic) bond motifs is 1. The van der Waals surface area contributed by atoms with Crippen LogP contribution >= 0.6 is 0 Å². The van der Waals surface area contributed by atoms with Crippen LogP contribution in [0.4, 0.5) is 0 Å². The van der Waals surface area contributed by atoms with Gasteiger partial charge < -0.3 is 0 Å². The van der Waals surface area contributed by atoms with Crippen molar-refractivity contribution in [2.75, 3.05) is 6.54 Å². The van der Waals surface area contributed by atoms with Gasteiger partial charge in [-0.15, -0.1) is 0 Å². The summed E-state index contributed by atoms with van der Waals surface area (Å²) in [6, 6.07) is 8.23. The van der Waals surface area contributed by atoms with E-state index >= 15 is 0 Å². The van der Waals surface area contributed by atoms with Gasteiger partial charge in [0.2, 0.25) is 0 Å². The maximum absolute atomic E-state index is 12.1. The molecule has 92 valence electrons. The molecule has 0 radical (unpaired) electrons. The van der Waals surface area contributed by atoms with E-state index in [2.05, 4.69) is 10.8 Å². The lowest BCUT2D eigenvalue weighted by Gasteiger charge is -2.28. The molecule has 1 aromatic carbocycles. The van der Waals surface area contributed by atoms with Crippen LogP contribution in [0.3, 0.4) is 0 Å². The van der Waals surface area contributed by atoms with Crippen molar-refractivity contribution in [3.8, 4) is 0 Å². The molecule has 1 saturated carbocycles. The monoisotopic (exact) mass is 252 g/mol. The zero-order valence-corrected chi connectivity index (χ0v) is 10.4. The molecule has 1 N–H and O–H groups in total. The van der Waals surface area contributed by atoms with Gasteiger partial charge in [-0.2, -0.15) is 17.4 Å². The lowest BCUT2D eigenvalue weighted by molar-refractivity contribution is 0.383. The molecule has 0 bridgehead atoms. The first-order valence-corrected chi connectivity index (χ1v) is 7.43. The van der Waals surface area contributed by atoms with E-state index in [1.807, 2.05) is 18.2 Å². The van der Waals surface area contributed by atoms with Crippen LogP contribution < -0.4 is 4.72 Å². The van der Waals surface area contributed by atoms with Gasteiger partial charge in [0.25, 0.3) is 10.2 Å². The highest BCUT2D eigenvalue weighted by Crippen LogP contribution is 2.24. The molecule has 5 heteroatoms. The average Bonchev–Trinajstić information content (AvgIpc) is 3.11. The Balaban J connectivity index is 1.79. The summed E-state index contributed by atoms with van der Waals surface area (Å²) in [6.07, 6.45) is 2.76. The third-order valence-corrected chi connectivity index (χ3v) is 4.95. The van der Waals surface area contributed by atoms with E-state index in [0.29, 0.717) is 13.1 Å². The van der Waals surface area contributed by atoms with Crippen molar-refractivity contribution >= 4 is 10.2 Å². The Morgan fingerprint density at radius 1 is 1.18 bits per heavy atom. The largest absolute Gasteiger partial charge is 0.280 e. The Morgan fingerprint density at radius 3 is 2.59 bits per heavy atom. The van der Waals surface area contributed by atoms with Crippen LogP contribution in [0, 0.1) is 0 Å². The zero-order chi connectivity index (χ0) is 11.9. The topological polar surface area (TPSA) is 49.4 Å². The van der Waals surface area contributed by atoms with Gasteiger partial charge in [0.15, 0.2) is 0 Å². The second kappa shape index (κ2) is 4.08. The van der Waals surface area contributed by atoms with E-state index in [4.69, 9.17) is 0 Å². The van der Waals surface area contributed by atoms with Gasteiger partial charge in [-0.1, -0.05) is 24.3 Å². The first-order chi connectivity index (χ1) is 8.15. The summed E-state index contributed by atoms with van der Waals surface area (Å²) in [6.45, 7) is 1.08. The molecule has 17 heavy (non-hydrogen) atoms. The fourth-order valence-electron chi connectivity index (χ4n) is 2.16. The lowest BCUT2D eigenvalue weighted by Crippen LogP contribution is -2.44. The van der Waals surface area contributed by atoms with Crippen molar-refractivity contribution < 1.29 is 8.42 Å². The molecule has 0 unspecified atom stereocenters. The van der Waals surface area contributed by atoms with Crippen molar-refractivity contribution in [2.24, 2.45) is 0 Å². The highest BCUT2D eigenvalue weighted by molar-refractivity contribution is 7.87. The number of nitrogens with one attached hydrogen (secondary N) is 1. The molecule has 0 spiro atoms. The van der Waals surface area contributed by atoms with Gasteiger partial charge in [0.1, 0.15) is 0 Å². The second-order valence-electron chi connectivity index (χ2n) is 4.75. The minimum Gasteiger partial charge on any atom is -0.199 e. The van der Waals surface area contributed by atoms with Crippen molar-refractivity contribution in [1.82, 2.24) is 9.03 Å². The Morgan fingerprint density at radius 2 is 1.88 bits per heavy atom. The molecule has 1 aromatic rings. The summed E-state index contributed by atoms with van der Waals surface area (Å²) in [7, 11) is -3.28. The van der Waals surface area contributed by atoms with Crippen molar-refractivity contribution in [1.29, 1.82) is 0 Å². The fourth-order valence-corrected chi connectivity index (χ4v) is 3.61. The second-order valence-corrected chi connectivity index (χ2v) is 6.45. The quantitative estimate of drug-likeness (QED) is 0.874.